The van der Waals surface area contributed by atoms with Crippen molar-refractivity contribution in [1.29, 1.82) is 0 Å². The molecule has 1 atom stereocenters. The Bertz CT molecular complexity index is 520. The molecule has 0 aliphatic heterocycles. The summed E-state index contributed by atoms with van der Waals surface area (Å²) in [4.78, 5) is 22.7. The lowest BCUT2D eigenvalue weighted by Crippen LogP contribution is -2.28. The van der Waals surface area contributed by atoms with Gasteiger partial charge in [0, 0.05) is 18.2 Å². The molecule has 108 valence electrons. The van der Waals surface area contributed by atoms with Gasteiger partial charge in [0.25, 0.3) is 5.91 Å². The van der Waals surface area contributed by atoms with Crippen molar-refractivity contribution >= 4 is 18.0 Å². The number of rotatable bonds is 6. The average Bonchev–Trinajstić information content (AvgIpc) is 2.43. The zero-order chi connectivity index (χ0) is 15.1. The van der Waals surface area contributed by atoms with E-state index in [0.29, 0.717) is 18.0 Å². The lowest BCUT2D eigenvalue weighted by Gasteiger charge is -2.12. The van der Waals surface area contributed by atoms with E-state index in [4.69, 9.17) is 5.11 Å². The summed E-state index contributed by atoms with van der Waals surface area (Å²) in [5, 5.41) is 11.6. The second kappa shape index (κ2) is 7.48. The SMILES string of the molecule is CCC(C)CNC(=O)c1cccc(C=CC(=O)O)c1C. The van der Waals surface area contributed by atoms with Gasteiger partial charge in [-0.2, -0.15) is 0 Å². The molecule has 0 aromatic heterocycles. The summed E-state index contributed by atoms with van der Waals surface area (Å²) >= 11 is 0. The highest BCUT2D eigenvalue weighted by molar-refractivity contribution is 5.97. The van der Waals surface area contributed by atoms with E-state index in [2.05, 4.69) is 19.2 Å². The second-order valence-corrected chi connectivity index (χ2v) is 4.91. The van der Waals surface area contributed by atoms with Gasteiger partial charge < -0.3 is 10.4 Å². The lowest BCUT2D eigenvalue weighted by molar-refractivity contribution is -0.131. The molecule has 2 N–H and O–H groups in total. The third-order valence-corrected chi connectivity index (χ3v) is 3.33. The Balaban J connectivity index is 2.88. The minimum absolute atomic E-state index is 0.117. The average molecular weight is 275 g/mol. The first-order valence-corrected chi connectivity index (χ1v) is 6.74. The van der Waals surface area contributed by atoms with Crippen LogP contribution in [0.4, 0.5) is 0 Å². The van der Waals surface area contributed by atoms with Crippen molar-refractivity contribution in [2.75, 3.05) is 6.54 Å². The van der Waals surface area contributed by atoms with Gasteiger partial charge in [-0.25, -0.2) is 4.79 Å². The molecule has 0 spiro atoms. The Kier molecular flexibility index (Phi) is 5.97. The van der Waals surface area contributed by atoms with E-state index in [0.717, 1.165) is 23.6 Å². The highest BCUT2D eigenvalue weighted by atomic mass is 16.4. The van der Waals surface area contributed by atoms with Crippen LogP contribution in [-0.4, -0.2) is 23.5 Å². The highest BCUT2D eigenvalue weighted by Gasteiger charge is 2.11. The molecular formula is C16H21NO3. The Morgan fingerprint density at radius 3 is 2.70 bits per heavy atom. The summed E-state index contributed by atoms with van der Waals surface area (Å²) in [5.74, 6) is -0.682. The summed E-state index contributed by atoms with van der Waals surface area (Å²) in [6.45, 7) is 6.63. The molecule has 4 nitrogen and oxygen atoms in total. The van der Waals surface area contributed by atoms with Gasteiger partial charge in [0.15, 0.2) is 0 Å². The first kappa shape index (κ1) is 16.0. The minimum atomic E-state index is -1.00. The van der Waals surface area contributed by atoms with Crippen molar-refractivity contribution in [3.63, 3.8) is 0 Å². The highest BCUT2D eigenvalue weighted by Crippen LogP contribution is 2.15. The molecule has 0 saturated carbocycles. The van der Waals surface area contributed by atoms with Crippen LogP contribution in [-0.2, 0) is 4.79 Å². The maximum atomic E-state index is 12.1. The predicted octanol–water partition coefficient (Wildman–Crippen LogP) is 2.87. The van der Waals surface area contributed by atoms with Gasteiger partial charge in [0.2, 0.25) is 0 Å². The molecule has 1 aromatic carbocycles. The summed E-state index contributed by atoms with van der Waals surface area (Å²) in [6, 6.07) is 5.30. The molecule has 0 aliphatic rings. The molecule has 1 rings (SSSR count). The third kappa shape index (κ3) is 4.53. The van der Waals surface area contributed by atoms with Crippen LogP contribution in [0.15, 0.2) is 24.3 Å². The van der Waals surface area contributed by atoms with Gasteiger partial charge in [-0.15, -0.1) is 0 Å². The lowest BCUT2D eigenvalue weighted by atomic mass is 10.0. The number of benzene rings is 1. The largest absolute Gasteiger partial charge is 0.478 e. The number of carboxylic acids is 1. The van der Waals surface area contributed by atoms with E-state index >= 15 is 0 Å². The van der Waals surface area contributed by atoms with Gasteiger partial charge in [0.05, 0.1) is 0 Å². The zero-order valence-corrected chi connectivity index (χ0v) is 12.1. The zero-order valence-electron chi connectivity index (χ0n) is 12.1. The van der Waals surface area contributed by atoms with Crippen molar-refractivity contribution in [2.45, 2.75) is 27.2 Å². The third-order valence-electron chi connectivity index (χ3n) is 3.33. The minimum Gasteiger partial charge on any atom is -0.478 e. The number of carbonyl (C=O) groups is 2. The number of aliphatic carboxylic acids is 1. The van der Waals surface area contributed by atoms with Crippen LogP contribution in [0.5, 0.6) is 0 Å². The maximum Gasteiger partial charge on any atom is 0.328 e. The number of hydrogen-bond donors (Lipinski definition) is 2. The fraction of sp³-hybridized carbons (Fsp3) is 0.375. The van der Waals surface area contributed by atoms with Crippen molar-refractivity contribution in [3.05, 3.63) is 41.0 Å². The van der Waals surface area contributed by atoms with Gasteiger partial charge in [0.1, 0.15) is 0 Å². The van der Waals surface area contributed by atoms with Crippen LogP contribution in [0.3, 0.4) is 0 Å². The Hall–Kier alpha value is -2.10. The topological polar surface area (TPSA) is 66.4 Å². The first-order chi connectivity index (χ1) is 9.45. The molecule has 1 aromatic rings. The van der Waals surface area contributed by atoms with Gasteiger partial charge in [-0.05, 0) is 36.1 Å². The summed E-state index contributed by atoms with van der Waals surface area (Å²) < 4.78 is 0. The monoisotopic (exact) mass is 275 g/mol. The Morgan fingerprint density at radius 1 is 1.40 bits per heavy atom. The fourth-order valence-electron chi connectivity index (χ4n) is 1.75. The second-order valence-electron chi connectivity index (χ2n) is 4.91. The summed E-state index contributed by atoms with van der Waals surface area (Å²) in [7, 11) is 0. The van der Waals surface area contributed by atoms with Gasteiger partial charge >= 0.3 is 5.97 Å². The molecule has 0 aliphatic carbocycles. The Labute approximate surface area is 119 Å². The van der Waals surface area contributed by atoms with Crippen molar-refractivity contribution in [3.8, 4) is 0 Å². The number of nitrogens with one attached hydrogen (secondary N) is 1. The number of amides is 1. The molecule has 0 saturated heterocycles. The van der Waals surface area contributed by atoms with Crippen LogP contribution >= 0.6 is 0 Å². The van der Waals surface area contributed by atoms with Crippen LogP contribution in [0.25, 0.3) is 6.08 Å². The molecule has 20 heavy (non-hydrogen) atoms. The van der Waals surface area contributed by atoms with E-state index < -0.39 is 5.97 Å². The fourth-order valence-corrected chi connectivity index (χ4v) is 1.75. The van der Waals surface area contributed by atoms with E-state index in [1.165, 1.54) is 6.08 Å². The normalized spacial score (nSPS) is 12.3. The van der Waals surface area contributed by atoms with E-state index in [-0.39, 0.29) is 5.91 Å². The predicted molar refractivity (Wildman–Crippen MR) is 79.6 cm³/mol. The molecule has 0 fully saturated rings. The maximum absolute atomic E-state index is 12.1. The molecule has 4 heteroatoms. The van der Waals surface area contributed by atoms with E-state index in [9.17, 15) is 9.59 Å². The van der Waals surface area contributed by atoms with Crippen LogP contribution in [0.2, 0.25) is 0 Å². The molecule has 0 heterocycles. The number of carboxylic acid groups (broad SMARTS) is 1. The Morgan fingerprint density at radius 2 is 2.10 bits per heavy atom. The van der Waals surface area contributed by atoms with Gasteiger partial charge in [-0.3, -0.25) is 4.79 Å². The van der Waals surface area contributed by atoms with Crippen LogP contribution in [0.1, 0.15) is 41.8 Å². The van der Waals surface area contributed by atoms with Crippen molar-refractivity contribution in [2.24, 2.45) is 5.92 Å². The molecule has 1 unspecified atom stereocenters. The number of carbonyl (C=O) groups excluding carboxylic acids is 1. The van der Waals surface area contributed by atoms with E-state index in [1.54, 1.807) is 18.2 Å². The first-order valence-electron chi connectivity index (χ1n) is 6.74. The van der Waals surface area contributed by atoms with Crippen LogP contribution in [0, 0.1) is 12.8 Å². The standard InChI is InChI=1S/C16H21NO3/c1-4-11(2)10-17-16(20)14-7-5-6-13(12(14)3)8-9-15(18)19/h5-9,11H,4,10H2,1-3H3,(H,17,20)(H,18,19). The van der Waals surface area contributed by atoms with E-state index in [1.807, 2.05) is 6.92 Å². The van der Waals surface area contributed by atoms with Crippen molar-refractivity contribution < 1.29 is 14.7 Å². The summed E-state index contributed by atoms with van der Waals surface area (Å²) in [6.07, 6.45) is 3.59. The van der Waals surface area contributed by atoms with Crippen molar-refractivity contribution in [1.82, 2.24) is 5.32 Å². The molecular weight excluding hydrogens is 254 g/mol. The molecule has 0 radical (unpaired) electrons. The smallest absolute Gasteiger partial charge is 0.328 e. The molecule has 1 amide bonds. The number of hydrogen-bond acceptors (Lipinski definition) is 2. The molecule has 0 bridgehead atoms. The quantitative estimate of drug-likeness (QED) is 0.784. The van der Waals surface area contributed by atoms with Gasteiger partial charge in [-0.1, -0.05) is 32.4 Å². The summed E-state index contributed by atoms with van der Waals surface area (Å²) in [5.41, 5.74) is 2.11. The van der Waals surface area contributed by atoms with Crippen LogP contribution < -0.4 is 5.32 Å².